The fraction of sp³-hybridized carbons (Fsp3) is 0.130. The third-order valence-corrected chi connectivity index (χ3v) is 4.62. The summed E-state index contributed by atoms with van der Waals surface area (Å²) in [4.78, 5) is 0.453. The van der Waals surface area contributed by atoms with Crippen LogP contribution in [0.4, 0.5) is 5.69 Å². The van der Waals surface area contributed by atoms with Gasteiger partial charge in [0, 0.05) is 23.4 Å². The third-order valence-electron chi connectivity index (χ3n) is 4.32. The van der Waals surface area contributed by atoms with Gasteiger partial charge in [0.1, 0.15) is 0 Å². The first kappa shape index (κ1) is 18.8. The van der Waals surface area contributed by atoms with Crippen LogP contribution in [0.25, 0.3) is 11.5 Å². The highest BCUT2D eigenvalue weighted by molar-refractivity contribution is 7.81. The number of hydrogen-bond acceptors (Lipinski definition) is 2. The maximum atomic E-state index is 11.0. The van der Waals surface area contributed by atoms with E-state index in [2.05, 4.69) is 12.2 Å². The molecule has 0 saturated heterocycles. The van der Waals surface area contributed by atoms with Gasteiger partial charge in [-0.25, -0.2) is 0 Å². The fourth-order valence-electron chi connectivity index (χ4n) is 2.84. The summed E-state index contributed by atoms with van der Waals surface area (Å²) in [6, 6.07) is 21.6. The zero-order valence-corrected chi connectivity index (χ0v) is 16.3. The van der Waals surface area contributed by atoms with Crippen molar-refractivity contribution in [1.29, 1.82) is 0 Å². The Morgan fingerprint density at radius 1 is 1.00 bits per heavy atom. The molecule has 0 saturated carbocycles. The van der Waals surface area contributed by atoms with E-state index in [1.54, 1.807) is 0 Å². The van der Waals surface area contributed by atoms with Gasteiger partial charge in [-0.2, -0.15) is 4.57 Å². The summed E-state index contributed by atoms with van der Waals surface area (Å²) in [5.74, 6) is 0.138. The second-order valence-corrected chi connectivity index (χ2v) is 6.76. The SMILES string of the molecule is CCc1ccc(C(O)=C(C(=S)Nc2cccc(C)c2)[n+]2ccccc2)cc1. The first-order valence-corrected chi connectivity index (χ1v) is 9.36. The van der Waals surface area contributed by atoms with Gasteiger partial charge < -0.3 is 10.4 Å². The topological polar surface area (TPSA) is 36.1 Å². The summed E-state index contributed by atoms with van der Waals surface area (Å²) in [7, 11) is 0. The van der Waals surface area contributed by atoms with E-state index in [0.717, 1.165) is 23.2 Å². The van der Waals surface area contributed by atoms with E-state index >= 15 is 0 Å². The molecule has 27 heavy (non-hydrogen) atoms. The Bertz CT molecular complexity index is 963. The van der Waals surface area contributed by atoms with E-state index in [4.69, 9.17) is 12.2 Å². The van der Waals surface area contributed by atoms with Crippen LogP contribution < -0.4 is 9.88 Å². The summed E-state index contributed by atoms with van der Waals surface area (Å²) in [5, 5.41) is 14.3. The van der Waals surface area contributed by atoms with Gasteiger partial charge in [0.2, 0.25) is 0 Å². The molecule has 1 heterocycles. The van der Waals surface area contributed by atoms with Crippen LogP contribution in [-0.4, -0.2) is 10.1 Å². The molecule has 0 amide bonds. The van der Waals surface area contributed by atoms with Gasteiger partial charge in [-0.3, -0.25) is 0 Å². The molecule has 1 aromatic heterocycles. The van der Waals surface area contributed by atoms with Gasteiger partial charge in [-0.05, 0) is 36.6 Å². The van der Waals surface area contributed by atoms with E-state index in [9.17, 15) is 5.11 Å². The van der Waals surface area contributed by atoms with Crippen molar-refractivity contribution >= 4 is 34.3 Å². The van der Waals surface area contributed by atoms with Crippen LogP contribution in [0.5, 0.6) is 0 Å². The molecule has 4 heteroatoms. The molecular weight excluding hydrogens is 352 g/mol. The maximum Gasteiger partial charge on any atom is 0.288 e. The fourth-order valence-corrected chi connectivity index (χ4v) is 3.16. The summed E-state index contributed by atoms with van der Waals surface area (Å²) < 4.78 is 1.83. The molecule has 0 aliphatic carbocycles. The Kier molecular flexibility index (Phi) is 5.99. The third kappa shape index (κ3) is 4.60. The Morgan fingerprint density at radius 2 is 1.70 bits per heavy atom. The van der Waals surface area contributed by atoms with E-state index in [1.165, 1.54) is 5.56 Å². The normalized spacial score (nSPS) is 11.6. The molecule has 136 valence electrons. The van der Waals surface area contributed by atoms with Gasteiger partial charge in [0.15, 0.2) is 23.1 Å². The average Bonchev–Trinajstić information content (AvgIpc) is 2.69. The quantitative estimate of drug-likeness (QED) is 0.280. The van der Waals surface area contributed by atoms with Crippen molar-refractivity contribution in [1.82, 2.24) is 0 Å². The predicted octanol–water partition coefficient (Wildman–Crippen LogP) is 5.17. The standard InChI is InChI=1S/C23H22N2OS/c1-3-18-10-12-19(13-11-18)22(26)21(25-14-5-4-6-15-25)23(27)24-20-9-7-8-17(2)16-20/h4-16H,3H2,1-2H3,(H-,24,26,27)/p+1. The zero-order valence-electron chi connectivity index (χ0n) is 15.5. The zero-order chi connectivity index (χ0) is 19.2. The molecule has 0 aliphatic heterocycles. The molecule has 3 aromatic rings. The van der Waals surface area contributed by atoms with Crippen LogP contribution in [0.3, 0.4) is 0 Å². The number of nitrogens with zero attached hydrogens (tertiary/aromatic N) is 1. The lowest BCUT2D eigenvalue weighted by molar-refractivity contribution is -0.575. The number of aromatic nitrogens is 1. The van der Waals surface area contributed by atoms with Crippen molar-refractivity contribution in [3.63, 3.8) is 0 Å². The molecule has 2 aromatic carbocycles. The molecule has 2 N–H and O–H groups in total. The van der Waals surface area contributed by atoms with Crippen molar-refractivity contribution in [2.75, 3.05) is 5.32 Å². The lowest BCUT2D eigenvalue weighted by Crippen LogP contribution is -2.38. The minimum Gasteiger partial charge on any atom is -0.502 e. The largest absolute Gasteiger partial charge is 0.502 e. The molecule has 0 atom stereocenters. The summed E-state index contributed by atoms with van der Waals surface area (Å²) in [6.45, 7) is 4.14. The molecule has 0 fully saturated rings. The predicted molar refractivity (Wildman–Crippen MR) is 116 cm³/mol. The van der Waals surface area contributed by atoms with Crippen molar-refractivity contribution in [2.45, 2.75) is 20.3 Å². The number of anilines is 1. The lowest BCUT2D eigenvalue weighted by atomic mass is 10.1. The highest BCUT2D eigenvalue weighted by Crippen LogP contribution is 2.20. The molecule has 0 unspecified atom stereocenters. The minimum absolute atomic E-state index is 0.138. The van der Waals surface area contributed by atoms with Crippen LogP contribution >= 0.6 is 12.2 Å². The van der Waals surface area contributed by atoms with E-state index in [1.807, 2.05) is 90.6 Å². The lowest BCUT2D eigenvalue weighted by Gasteiger charge is -2.11. The van der Waals surface area contributed by atoms with Gasteiger partial charge in [0.05, 0.1) is 0 Å². The molecule has 0 spiro atoms. The van der Waals surface area contributed by atoms with Crippen LogP contribution in [0, 0.1) is 6.92 Å². The highest BCUT2D eigenvalue weighted by Gasteiger charge is 2.23. The second-order valence-electron chi connectivity index (χ2n) is 6.35. The smallest absolute Gasteiger partial charge is 0.288 e. The Hall–Kier alpha value is -2.98. The maximum absolute atomic E-state index is 11.0. The number of hydrogen-bond donors (Lipinski definition) is 2. The van der Waals surface area contributed by atoms with Crippen LogP contribution in [0.1, 0.15) is 23.6 Å². The number of aliphatic hydroxyl groups excluding tert-OH is 1. The van der Waals surface area contributed by atoms with Crippen molar-refractivity contribution in [3.05, 3.63) is 95.8 Å². The number of benzene rings is 2. The Morgan fingerprint density at radius 3 is 2.33 bits per heavy atom. The molecular formula is C23H23N2OS+. The number of pyridine rings is 1. The number of aliphatic hydroxyl groups is 1. The summed E-state index contributed by atoms with van der Waals surface area (Å²) in [6.07, 6.45) is 4.70. The number of thiocarbonyl (C=S) groups is 1. The van der Waals surface area contributed by atoms with Gasteiger partial charge >= 0.3 is 0 Å². The number of aryl methyl sites for hydroxylation is 2. The highest BCUT2D eigenvalue weighted by atomic mass is 32.1. The molecule has 3 rings (SSSR count). The monoisotopic (exact) mass is 375 g/mol. The number of rotatable bonds is 5. The molecule has 3 nitrogen and oxygen atoms in total. The van der Waals surface area contributed by atoms with Gasteiger partial charge in [0.25, 0.3) is 5.70 Å². The Labute approximate surface area is 165 Å². The van der Waals surface area contributed by atoms with Crippen molar-refractivity contribution in [3.8, 4) is 0 Å². The first-order chi connectivity index (χ1) is 13.1. The second kappa shape index (κ2) is 8.60. The molecule has 0 aliphatic rings. The van der Waals surface area contributed by atoms with Crippen LogP contribution in [-0.2, 0) is 6.42 Å². The van der Waals surface area contributed by atoms with Gasteiger partial charge in [-0.15, -0.1) is 0 Å². The van der Waals surface area contributed by atoms with E-state index in [0.29, 0.717) is 10.7 Å². The van der Waals surface area contributed by atoms with Crippen LogP contribution in [0.15, 0.2) is 79.1 Å². The summed E-state index contributed by atoms with van der Waals surface area (Å²) in [5.41, 5.74) is 4.52. The average molecular weight is 376 g/mol. The molecule has 0 bridgehead atoms. The Balaban J connectivity index is 2.03. The van der Waals surface area contributed by atoms with E-state index < -0.39 is 0 Å². The number of nitrogens with one attached hydrogen (secondary N) is 1. The van der Waals surface area contributed by atoms with Crippen LogP contribution in [0.2, 0.25) is 0 Å². The first-order valence-electron chi connectivity index (χ1n) is 8.95. The minimum atomic E-state index is 0.138. The van der Waals surface area contributed by atoms with Gasteiger partial charge in [-0.1, -0.05) is 61.6 Å². The van der Waals surface area contributed by atoms with E-state index in [-0.39, 0.29) is 5.76 Å². The van der Waals surface area contributed by atoms with Crippen molar-refractivity contribution in [2.24, 2.45) is 0 Å². The summed E-state index contributed by atoms with van der Waals surface area (Å²) >= 11 is 5.66. The van der Waals surface area contributed by atoms with Crippen molar-refractivity contribution < 1.29 is 9.67 Å². The molecule has 0 radical (unpaired) electrons.